The van der Waals surface area contributed by atoms with Crippen LogP contribution in [0.2, 0.25) is 0 Å². The number of carboxylic acids is 1. The highest BCUT2D eigenvalue weighted by Gasteiger charge is 2.12. The number of hydrogen-bond acceptors (Lipinski definition) is 2. The lowest BCUT2D eigenvalue weighted by Crippen LogP contribution is -2.34. The van der Waals surface area contributed by atoms with Crippen molar-refractivity contribution in [2.45, 2.75) is 39.5 Å². The average molecular weight is 201 g/mol. The van der Waals surface area contributed by atoms with E-state index in [0.717, 1.165) is 25.7 Å². The lowest BCUT2D eigenvalue weighted by molar-refractivity contribution is -0.150. The minimum atomic E-state index is -1.41. The number of carbonyl (C=O) groups is 2. The Balaban J connectivity index is 3.71. The van der Waals surface area contributed by atoms with Gasteiger partial charge in [-0.1, -0.05) is 33.1 Å². The second kappa shape index (κ2) is 7.35. The first-order chi connectivity index (χ1) is 6.61. The number of carboxylic acid groups (broad SMARTS) is 1. The van der Waals surface area contributed by atoms with Gasteiger partial charge in [0.05, 0.1) is 0 Å². The Kier molecular flexibility index (Phi) is 6.80. The van der Waals surface area contributed by atoms with Crippen molar-refractivity contribution < 1.29 is 14.7 Å². The van der Waals surface area contributed by atoms with E-state index in [4.69, 9.17) is 5.11 Å². The third-order valence-corrected chi connectivity index (χ3v) is 2.29. The molecule has 14 heavy (non-hydrogen) atoms. The first-order valence-corrected chi connectivity index (χ1v) is 5.12. The SMILES string of the molecule is CCCCC(CC)CNC(=O)C(=O)O. The van der Waals surface area contributed by atoms with Crippen molar-refractivity contribution in [1.82, 2.24) is 5.32 Å². The average Bonchev–Trinajstić information content (AvgIpc) is 2.17. The molecule has 0 aromatic heterocycles. The van der Waals surface area contributed by atoms with E-state index in [-0.39, 0.29) is 0 Å². The zero-order chi connectivity index (χ0) is 11.0. The van der Waals surface area contributed by atoms with E-state index < -0.39 is 11.9 Å². The fourth-order valence-corrected chi connectivity index (χ4v) is 1.26. The molecule has 82 valence electrons. The van der Waals surface area contributed by atoms with Gasteiger partial charge in [-0.05, 0) is 12.3 Å². The molecule has 2 N–H and O–H groups in total. The summed E-state index contributed by atoms with van der Waals surface area (Å²) >= 11 is 0. The maximum atomic E-state index is 10.7. The van der Waals surface area contributed by atoms with Gasteiger partial charge in [-0.2, -0.15) is 0 Å². The summed E-state index contributed by atoms with van der Waals surface area (Å²) in [7, 11) is 0. The van der Waals surface area contributed by atoms with Crippen LogP contribution in [0.1, 0.15) is 39.5 Å². The lowest BCUT2D eigenvalue weighted by atomic mass is 9.99. The van der Waals surface area contributed by atoms with E-state index in [2.05, 4.69) is 12.2 Å². The van der Waals surface area contributed by atoms with E-state index in [1.165, 1.54) is 0 Å². The van der Waals surface area contributed by atoms with Crippen molar-refractivity contribution in [3.05, 3.63) is 0 Å². The van der Waals surface area contributed by atoms with Gasteiger partial charge < -0.3 is 10.4 Å². The van der Waals surface area contributed by atoms with Gasteiger partial charge in [0.25, 0.3) is 0 Å². The van der Waals surface area contributed by atoms with Crippen LogP contribution in [-0.2, 0) is 9.59 Å². The summed E-state index contributed by atoms with van der Waals surface area (Å²) in [4.78, 5) is 20.9. The molecule has 0 bridgehead atoms. The van der Waals surface area contributed by atoms with Crippen LogP contribution >= 0.6 is 0 Å². The highest BCUT2D eigenvalue weighted by Crippen LogP contribution is 2.10. The number of carbonyl (C=O) groups excluding carboxylic acids is 1. The smallest absolute Gasteiger partial charge is 0.394 e. The molecule has 1 atom stereocenters. The second-order valence-electron chi connectivity index (χ2n) is 3.43. The first-order valence-electron chi connectivity index (χ1n) is 5.12. The van der Waals surface area contributed by atoms with Crippen LogP contribution in [0, 0.1) is 5.92 Å². The van der Waals surface area contributed by atoms with Crippen molar-refractivity contribution in [3.63, 3.8) is 0 Å². The third kappa shape index (κ3) is 5.56. The van der Waals surface area contributed by atoms with Crippen LogP contribution in [0.15, 0.2) is 0 Å². The van der Waals surface area contributed by atoms with Crippen LogP contribution in [0.4, 0.5) is 0 Å². The number of aliphatic carboxylic acids is 1. The summed E-state index contributed by atoms with van der Waals surface area (Å²) < 4.78 is 0. The molecule has 4 heteroatoms. The molecule has 0 saturated heterocycles. The molecule has 0 heterocycles. The minimum Gasteiger partial charge on any atom is -0.474 e. The Morgan fingerprint density at radius 2 is 2.00 bits per heavy atom. The topological polar surface area (TPSA) is 66.4 Å². The fraction of sp³-hybridized carbons (Fsp3) is 0.800. The van der Waals surface area contributed by atoms with E-state index in [1.807, 2.05) is 6.92 Å². The Labute approximate surface area is 84.7 Å². The van der Waals surface area contributed by atoms with Crippen molar-refractivity contribution >= 4 is 11.9 Å². The molecular formula is C10H19NO3. The van der Waals surface area contributed by atoms with Gasteiger partial charge >= 0.3 is 11.9 Å². The number of hydrogen-bond donors (Lipinski definition) is 2. The highest BCUT2D eigenvalue weighted by molar-refractivity contribution is 6.31. The molecular weight excluding hydrogens is 182 g/mol. The van der Waals surface area contributed by atoms with Crippen LogP contribution in [-0.4, -0.2) is 23.5 Å². The molecule has 0 aliphatic carbocycles. The monoisotopic (exact) mass is 201 g/mol. The van der Waals surface area contributed by atoms with Gasteiger partial charge in [0.2, 0.25) is 0 Å². The predicted molar refractivity (Wildman–Crippen MR) is 54.0 cm³/mol. The van der Waals surface area contributed by atoms with Gasteiger partial charge in [-0.3, -0.25) is 4.79 Å². The zero-order valence-electron chi connectivity index (χ0n) is 8.88. The van der Waals surface area contributed by atoms with Gasteiger partial charge in [0.15, 0.2) is 0 Å². The van der Waals surface area contributed by atoms with Gasteiger partial charge in [0.1, 0.15) is 0 Å². The maximum Gasteiger partial charge on any atom is 0.394 e. The van der Waals surface area contributed by atoms with Crippen LogP contribution in [0.3, 0.4) is 0 Å². The molecule has 0 aliphatic rings. The Hall–Kier alpha value is -1.06. The van der Waals surface area contributed by atoms with E-state index >= 15 is 0 Å². The van der Waals surface area contributed by atoms with E-state index in [1.54, 1.807) is 0 Å². The quantitative estimate of drug-likeness (QED) is 0.638. The summed E-state index contributed by atoms with van der Waals surface area (Å²) in [6, 6.07) is 0. The van der Waals surface area contributed by atoms with Crippen LogP contribution in [0.25, 0.3) is 0 Å². The van der Waals surface area contributed by atoms with Gasteiger partial charge in [0, 0.05) is 6.54 Å². The Morgan fingerprint density at radius 3 is 2.43 bits per heavy atom. The molecule has 4 nitrogen and oxygen atoms in total. The molecule has 0 spiro atoms. The number of unbranched alkanes of at least 4 members (excludes halogenated alkanes) is 1. The molecule has 0 radical (unpaired) electrons. The second-order valence-corrected chi connectivity index (χ2v) is 3.43. The maximum absolute atomic E-state index is 10.7. The van der Waals surface area contributed by atoms with Crippen molar-refractivity contribution in [2.24, 2.45) is 5.92 Å². The minimum absolute atomic E-state index is 0.401. The lowest BCUT2D eigenvalue weighted by Gasteiger charge is -2.13. The van der Waals surface area contributed by atoms with Crippen molar-refractivity contribution in [3.8, 4) is 0 Å². The van der Waals surface area contributed by atoms with E-state index in [0.29, 0.717) is 12.5 Å². The normalized spacial score (nSPS) is 12.1. The number of rotatable bonds is 6. The molecule has 0 rings (SSSR count). The van der Waals surface area contributed by atoms with Gasteiger partial charge in [-0.25, -0.2) is 4.79 Å². The summed E-state index contributed by atoms with van der Waals surface area (Å²) in [5.74, 6) is -1.91. The Bertz CT molecular complexity index is 192. The first kappa shape index (κ1) is 12.9. The summed E-state index contributed by atoms with van der Waals surface area (Å²) in [6.07, 6.45) is 4.28. The summed E-state index contributed by atoms with van der Waals surface area (Å²) in [5, 5.41) is 10.7. The van der Waals surface area contributed by atoms with Crippen molar-refractivity contribution in [1.29, 1.82) is 0 Å². The number of nitrogens with one attached hydrogen (secondary N) is 1. The highest BCUT2D eigenvalue weighted by atomic mass is 16.4. The third-order valence-electron chi connectivity index (χ3n) is 2.29. The van der Waals surface area contributed by atoms with Crippen LogP contribution in [0.5, 0.6) is 0 Å². The molecule has 0 saturated carbocycles. The Morgan fingerprint density at radius 1 is 1.36 bits per heavy atom. The summed E-state index contributed by atoms with van der Waals surface area (Å²) in [6.45, 7) is 4.64. The fourth-order valence-electron chi connectivity index (χ4n) is 1.26. The van der Waals surface area contributed by atoms with Crippen molar-refractivity contribution in [2.75, 3.05) is 6.54 Å². The van der Waals surface area contributed by atoms with Crippen LogP contribution < -0.4 is 5.32 Å². The molecule has 0 fully saturated rings. The number of amides is 1. The molecule has 0 aromatic rings. The molecule has 1 unspecified atom stereocenters. The van der Waals surface area contributed by atoms with E-state index in [9.17, 15) is 9.59 Å². The van der Waals surface area contributed by atoms with Gasteiger partial charge in [-0.15, -0.1) is 0 Å². The largest absolute Gasteiger partial charge is 0.474 e. The zero-order valence-corrected chi connectivity index (χ0v) is 8.88. The molecule has 0 aromatic carbocycles. The molecule has 0 aliphatic heterocycles. The summed E-state index contributed by atoms with van der Waals surface area (Å²) in [5.41, 5.74) is 0. The standard InChI is InChI=1S/C10H19NO3/c1-3-5-6-8(4-2)7-11-9(12)10(13)14/h8H,3-7H2,1-2H3,(H,11,12)(H,13,14). The molecule has 1 amide bonds. The predicted octanol–water partition coefficient (Wildman–Crippen LogP) is 1.40.